The van der Waals surface area contributed by atoms with Crippen molar-refractivity contribution >= 4 is 0 Å². The van der Waals surface area contributed by atoms with E-state index in [4.69, 9.17) is 5.73 Å². The van der Waals surface area contributed by atoms with E-state index in [2.05, 4.69) is 12.2 Å². The predicted molar refractivity (Wildman–Crippen MR) is 42.2 cm³/mol. The molecule has 50 valence electrons. The number of hydrogen-bond acceptors (Lipinski definition) is 1. The Labute approximate surface area is 60.2 Å². The Hall–Kier alpha value is -1.24. The molecule has 0 radical (unpaired) electrons. The molecule has 0 fully saturated rings. The van der Waals surface area contributed by atoms with Gasteiger partial charge < -0.3 is 5.73 Å². The molecule has 2 rings (SSSR count). The number of allylic oxidation sites excluding steroid dienone is 7. The van der Waals surface area contributed by atoms with Gasteiger partial charge in [-0.25, -0.2) is 0 Å². The zero-order valence-corrected chi connectivity index (χ0v) is 5.67. The largest absolute Gasteiger partial charge is 0.399 e. The summed E-state index contributed by atoms with van der Waals surface area (Å²) >= 11 is 0. The molecular weight excluding hydrogens is 122 g/mol. The third-order valence-corrected chi connectivity index (χ3v) is 1.73. The average Bonchev–Trinajstić information content (AvgIpc) is 2.59. The second-order valence-corrected chi connectivity index (χ2v) is 2.59. The van der Waals surface area contributed by atoms with E-state index in [9.17, 15) is 0 Å². The fraction of sp³-hybridized carbons (Fsp3) is 0.111. The van der Waals surface area contributed by atoms with Crippen LogP contribution in [0, 0.1) is 0 Å². The van der Waals surface area contributed by atoms with Gasteiger partial charge in [-0.15, -0.1) is 0 Å². The van der Waals surface area contributed by atoms with Crippen molar-refractivity contribution in [3.63, 3.8) is 0 Å². The lowest BCUT2D eigenvalue weighted by Crippen LogP contribution is -1.90. The van der Waals surface area contributed by atoms with Gasteiger partial charge in [-0.1, -0.05) is 18.2 Å². The first-order valence-electron chi connectivity index (χ1n) is 3.40. The molecule has 1 nitrogen and oxygen atoms in total. The number of hydrogen-bond donors (Lipinski definition) is 1. The van der Waals surface area contributed by atoms with Crippen LogP contribution in [0.4, 0.5) is 0 Å². The van der Waals surface area contributed by atoms with Crippen LogP contribution in [0.3, 0.4) is 0 Å². The maximum Gasteiger partial charge on any atom is 0.0314 e. The lowest BCUT2D eigenvalue weighted by Gasteiger charge is -1.88. The predicted octanol–water partition coefficient (Wildman–Crippen LogP) is 1.66. The van der Waals surface area contributed by atoms with Crippen LogP contribution in [0.25, 0.3) is 0 Å². The molecule has 0 spiro atoms. The van der Waals surface area contributed by atoms with Gasteiger partial charge in [-0.3, -0.25) is 0 Å². The Morgan fingerprint density at radius 1 is 1.10 bits per heavy atom. The first kappa shape index (κ1) is 5.54. The summed E-state index contributed by atoms with van der Waals surface area (Å²) in [5.74, 6) is 0. The minimum absolute atomic E-state index is 0.828. The molecule has 10 heavy (non-hydrogen) atoms. The Morgan fingerprint density at radius 3 is 2.80 bits per heavy atom. The van der Waals surface area contributed by atoms with Crippen molar-refractivity contribution in [3.05, 3.63) is 47.2 Å². The van der Waals surface area contributed by atoms with Gasteiger partial charge in [0.1, 0.15) is 0 Å². The van der Waals surface area contributed by atoms with Crippen LogP contribution < -0.4 is 5.73 Å². The fourth-order valence-electron chi connectivity index (χ4n) is 1.02. The normalized spacial score (nSPS) is 33.0. The van der Waals surface area contributed by atoms with Crippen LogP contribution in [-0.2, 0) is 0 Å². The van der Waals surface area contributed by atoms with Crippen molar-refractivity contribution in [1.29, 1.82) is 0 Å². The Balaban J connectivity index is 2.31. The summed E-state index contributed by atoms with van der Waals surface area (Å²) in [4.78, 5) is 0. The molecule has 0 saturated carbocycles. The summed E-state index contributed by atoms with van der Waals surface area (Å²) in [6.45, 7) is 0. The third kappa shape index (κ3) is 0.903. The molecule has 0 aromatic carbocycles. The first-order chi connectivity index (χ1) is 4.86. The van der Waals surface area contributed by atoms with Crippen molar-refractivity contribution in [1.82, 2.24) is 0 Å². The van der Waals surface area contributed by atoms with Crippen LogP contribution in [0.15, 0.2) is 47.2 Å². The summed E-state index contributed by atoms with van der Waals surface area (Å²) < 4.78 is 0. The second kappa shape index (κ2) is 1.87. The summed E-state index contributed by atoms with van der Waals surface area (Å²) in [6, 6.07) is 0. The zero-order chi connectivity index (χ0) is 6.97. The molecule has 0 atom stereocenters. The molecule has 2 N–H and O–H groups in total. The highest BCUT2D eigenvalue weighted by molar-refractivity contribution is 5.53. The molecule has 0 amide bonds. The highest BCUT2D eigenvalue weighted by Crippen LogP contribution is 2.33. The van der Waals surface area contributed by atoms with Crippen molar-refractivity contribution in [3.8, 4) is 0 Å². The van der Waals surface area contributed by atoms with E-state index in [0.29, 0.717) is 0 Å². The minimum atomic E-state index is 0.828. The Morgan fingerprint density at radius 2 is 1.90 bits per heavy atom. The molecule has 0 unspecified atom stereocenters. The maximum atomic E-state index is 5.59. The van der Waals surface area contributed by atoms with Crippen LogP contribution in [0.2, 0.25) is 0 Å². The van der Waals surface area contributed by atoms with Gasteiger partial charge in [0, 0.05) is 5.70 Å². The van der Waals surface area contributed by atoms with E-state index in [0.717, 1.165) is 12.1 Å². The van der Waals surface area contributed by atoms with E-state index in [1.54, 1.807) is 0 Å². The third-order valence-electron chi connectivity index (χ3n) is 1.73. The molecule has 0 aliphatic heterocycles. The summed E-state index contributed by atoms with van der Waals surface area (Å²) in [6.07, 6.45) is 11.2. The highest BCUT2D eigenvalue weighted by atomic mass is 14.5. The van der Waals surface area contributed by atoms with Gasteiger partial charge in [0.15, 0.2) is 0 Å². The maximum absolute atomic E-state index is 5.59. The summed E-state index contributed by atoms with van der Waals surface area (Å²) in [7, 11) is 0. The van der Waals surface area contributed by atoms with Crippen molar-refractivity contribution in [2.75, 3.05) is 0 Å². The Kier molecular flexibility index (Phi) is 1.04. The average molecular weight is 131 g/mol. The van der Waals surface area contributed by atoms with Crippen molar-refractivity contribution in [2.24, 2.45) is 5.73 Å². The fourth-order valence-corrected chi connectivity index (χ4v) is 1.02. The molecule has 0 bridgehead atoms. The van der Waals surface area contributed by atoms with E-state index < -0.39 is 0 Å². The molecular formula is C9H9N. The van der Waals surface area contributed by atoms with Gasteiger partial charge in [0.05, 0.1) is 0 Å². The van der Waals surface area contributed by atoms with E-state index in [1.165, 1.54) is 11.1 Å². The second-order valence-electron chi connectivity index (χ2n) is 2.59. The van der Waals surface area contributed by atoms with E-state index in [1.807, 2.05) is 18.2 Å². The van der Waals surface area contributed by atoms with Crippen molar-refractivity contribution in [2.45, 2.75) is 6.42 Å². The standard InChI is InChI=1S/C9H9N/c10-9-3-1-2-7-6-8(7)4-5-9/h1-5H,6,10H2/b2-1-,3-1?,5-4-,7-2?,8-4?,9-3-,9-5?. The number of rotatable bonds is 0. The number of nitrogens with two attached hydrogens (primary N) is 1. The molecule has 0 heterocycles. The van der Waals surface area contributed by atoms with Crippen LogP contribution in [0.5, 0.6) is 0 Å². The quantitative estimate of drug-likeness (QED) is 0.531. The van der Waals surface area contributed by atoms with Crippen LogP contribution >= 0.6 is 0 Å². The monoisotopic (exact) mass is 131 g/mol. The van der Waals surface area contributed by atoms with E-state index >= 15 is 0 Å². The molecule has 2 aliphatic rings. The molecule has 2 aliphatic carbocycles. The highest BCUT2D eigenvalue weighted by Gasteiger charge is 2.15. The van der Waals surface area contributed by atoms with Crippen LogP contribution in [-0.4, -0.2) is 0 Å². The lowest BCUT2D eigenvalue weighted by molar-refractivity contribution is 1.42. The summed E-state index contributed by atoms with van der Waals surface area (Å²) in [5, 5.41) is 0. The molecule has 0 aromatic heterocycles. The van der Waals surface area contributed by atoms with Gasteiger partial charge in [0.2, 0.25) is 0 Å². The zero-order valence-electron chi connectivity index (χ0n) is 5.67. The van der Waals surface area contributed by atoms with Crippen molar-refractivity contribution < 1.29 is 0 Å². The molecule has 0 saturated heterocycles. The Bertz CT molecular complexity index is 273. The van der Waals surface area contributed by atoms with Gasteiger partial charge in [0.25, 0.3) is 0 Å². The smallest absolute Gasteiger partial charge is 0.0314 e. The lowest BCUT2D eigenvalue weighted by atomic mass is 10.3. The minimum Gasteiger partial charge on any atom is -0.399 e. The molecule has 0 aromatic rings. The van der Waals surface area contributed by atoms with E-state index in [-0.39, 0.29) is 0 Å². The summed E-state index contributed by atoms with van der Waals surface area (Å²) in [5.41, 5.74) is 9.28. The molecule has 1 heteroatoms. The van der Waals surface area contributed by atoms with Crippen LogP contribution in [0.1, 0.15) is 6.42 Å². The SMILES string of the molecule is NC1=C\C=C/C2=C(/C=C\1)C2. The van der Waals surface area contributed by atoms with Gasteiger partial charge in [-0.2, -0.15) is 0 Å². The topological polar surface area (TPSA) is 26.0 Å². The van der Waals surface area contributed by atoms with Gasteiger partial charge >= 0.3 is 0 Å². The van der Waals surface area contributed by atoms with Gasteiger partial charge in [-0.05, 0) is 29.7 Å². The first-order valence-corrected chi connectivity index (χ1v) is 3.40.